The van der Waals surface area contributed by atoms with E-state index in [0.29, 0.717) is 38.9 Å². The van der Waals surface area contributed by atoms with Gasteiger partial charge in [-0.25, -0.2) is 0 Å². The highest BCUT2D eigenvalue weighted by atomic mass is 16.5. The second-order valence-electron chi connectivity index (χ2n) is 19.1. The molecule has 3 saturated heterocycles. The molecule has 3 heterocycles. The molecule has 0 aromatic carbocycles. The number of allylic oxidation sites excluding steroid dienone is 1. The number of aliphatic hydroxyl groups is 4. The molecule has 0 aromatic rings. The summed E-state index contributed by atoms with van der Waals surface area (Å²) in [6.07, 6.45) is 7.48. The average Bonchev–Trinajstić information content (AvgIpc) is 3.64. The molecule has 0 bridgehead atoms. The summed E-state index contributed by atoms with van der Waals surface area (Å²) in [5.74, 6) is -0.789. The molecular formula is C41H64N2O9. The third-order valence-electron chi connectivity index (χ3n) is 16.7. The number of hydrogen-bond acceptors (Lipinski definition) is 10. The predicted octanol–water partition coefficient (Wildman–Crippen LogP) is 3.11. The van der Waals surface area contributed by atoms with Crippen LogP contribution in [0.5, 0.6) is 0 Å². The first-order valence-corrected chi connectivity index (χ1v) is 20.5. The maximum Gasteiger partial charge on any atom is 0.240 e. The minimum atomic E-state index is -1.63. The van der Waals surface area contributed by atoms with Gasteiger partial charge in [-0.2, -0.15) is 0 Å². The molecule has 11 nitrogen and oxygen atoms in total. The number of fused-ring (bicyclic) bond motifs is 7. The highest BCUT2D eigenvalue weighted by Gasteiger charge is 2.71. The number of ketones is 1. The molecule has 0 radical (unpaired) electrons. The molecule has 4 saturated carbocycles. The molecule has 292 valence electrons. The molecule has 8 aliphatic rings. The Bertz CT molecular complexity index is 1440. The lowest BCUT2D eigenvalue weighted by Gasteiger charge is -2.60. The molecule has 0 aromatic heterocycles. The van der Waals surface area contributed by atoms with E-state index in [1.54, 1.807) is 20.1 Å². The van der Waals surface area contributed by atoms with Crippen molar-refractivity contribution >= 4 is 11.7 Å². The normalized spacial score (nSPS) is 48.0. The number of piperidine rings is 1. The standard InChI is InChI=1S/C41H64N2O9/c1-23-30-32(35(46)42-33(36(47)43-17-18-43)40(30)12-6-7-13-40)52-31(23)34(45)39(4,48)29-11-16-41(49)26-22-28(44)27-21-24(51-20-8-19-50-5)9-14-37(27,2)25(26)10-15-38(29,41)3/h22-25,27,29-35,42,45-46,48-49H,6-21H2,1-5H3. The van der Waals surface area contributed by atoms with Crippen LogP contribution in [0.1, 0.15) is 105 Å². The smallest absolute Gasteiger partial charge is 0.240 e. The first-order chi connectivity index (χ1) is 24.6. The fourth-order valence-electron chi connectivity index (χ4n) is 13.8. The summed E-state index contributed by atoms with van der Waals surface area (Å²) < 4.78 is 18.0. The van der Waals surface area contributed by atoms with Crippen LogP contribution in [-0.4, -0.2) is 118 Å². The van der Waals surface area contributed by atoms with E-state index in [9.17, 15) is 30.0 Å². The van der Waals surface area contributed by atoms with Gasteiger partial charge >= 0.3 is 0 Å². The van der Waals surface area contributed by atoms with Gasteiger partial charge in [0.05, 0.1) is 29.5 Å². The minimum absolute atomic E-state index is 0.0463. The lowest BCUT2D eigenvalue weighted by molar-refractivity contribution is -0.203. The van der Waals surface area contributed by atoms with Gasteiger partial charge in [0.15, 0.2) is 5.78 Å². The van der Waals surface area contributed by atoms with Crippen molar-refractivity contribution < 1.29 is 44.2 Å². The number of ether oxygens (including phenoxy) is 3. The van der Waals surface area contributed by atoms with E-state index in [1.165, 1.54) is 0 Å². The second kappa shape index (κ2) is 13.1. The molecule has 15 atom stereocenters. The first-order valence-electron chi connectivity index (χ1n) is 20.5. The third kappa shape index (κ3) is 5.33. The van der Waals surface area contributed by atoms with Crippen molar-refractivity contribution in [2.45, 2.75) is 153 Å². The fourth-order valence-corrected chi connectivity index (χ4v) is 13.8. The van der Waals surface area contributed by atoms with Crippen LogP contribution in [0.25, 0.3) is 0 Å². The molecule has 3 aliphatic heterocycles. The Labute approximate surface area is 309 Å². The monoisotopic (exact) mass is 728 g/mol. The number of carbonyl (C=O) groups is 2. The van der Waals surface area contributed by atoms with Crippen molar-refractivity contribution in [3.63, 3.8) is 0 Å². The van der Waals surface area contributed by atoms with Gasteiger partial charge in [-0.3, -0.25) is 14.9 Å². The number of carbonyl (C=O) groups excluding carboxylic acids is 2. The number of rotatable bonds is 9. The van der Waals surface area contributed by atoms with Crippen molar-refractivity contribution in [2.75, 3.05) is 33.4 Å². The van der Waals surface area contributed by atoms with Gasteiger partial charge in [0, 0.05) is 56.1 Å². The lowest BCUT2D eigenvalue weighted by Crippen LogP contribution is -2.67. The van der Waals surface area contributed by atoms with E-state index in [2.05, 4.69) is 26.1 Å². The van der Waals surface area contributed by atoms with Gasteiger partial charge in [0.2, 0.25) is 5.91 Å². The molecular weight excluding hydrogens is 664 g/mol. The maximum atomic E-state index is 14.0. The van der Waals surface area contributed by atoms with Crippen LogP contribution in [0.4, 0.5) is 0 Å². The van der Waals surface area contributed by atoms with Crippen LogP contribution >= 0.6 is 0 Å². The van der Waals surface area contributed by atoms with Gasteiger partial charge < -0.3 is 39.5 Å². The van der Waals surface area contributed by atoms with Crippen LogP contribution in [0.3, 0.4) is 0 Å². The Hall–Kier alpha value is -1.44. The van der Waals surface area contributed by atoms with E-state index < -0.39 is 53.1 Å². The van der Waals surface area contributed by atoms with Gasteiger partial charge in [0.1, 0.15) is 18.4 Å². The van der Waals surface area contributed by atoms with Crippen molar-refractivity contribution in [2.24, 2.45) is 45.8 Å². The molecule has 11 heteroatoms. The number of nitrogens with one attached hydrogen (secondary N) is 1. The number of hydrogen-bond donors (Lipinski definition) is 5. The van der Waals surface area contributed by atoms with E-state index in [1.807, 2.05) is 4.90 Å². The molecule has 52 heavy (non-hydrogen) atoms. The highest BCUT2D eigenvalue weighted by Crippen LogP contribution is 2.69. The van der Waals surface area contributed by atoms with Gasteiger partial charge in [-0.15, -0.1) is 0 Å². The van der Waals surface area contributed by atoms with Crippen LogP contribution < -0.4 is 5.32 Å². The van der Waals surface area contributed by atoms with E-state index in [-0.39, 0.29) is 52.3 Å². The highest BCUT2D eigenvalue weighted by molar-refractivity contribution is 5.95. The molecule has 1 amide bonds. The van der Waals surface area contributed by atoms with Gasteiger partial charge in [-0.1, -0.05) is 33.6 Å². The van der Waals surface area contributed by atoms with E-state index in [4.69, 9.17) is 14.2 Å². The van der Waals surface area contributed by atoms with Crippen molar-refractivity contribution in [3.8, 4) is 0 Å². The number of nitrogens with zero attached hydrogens (tertiary/aromatic N) is 1. The van der Waals surface area contributed by atoms with Crippen LogP contribution in [0, 0.1) is 45.8 Å². The van der Waals surface area contributed by atoms with Crippen molar-refractivity contribution in [3.05, 3.63) is 11.6 Å². The third-order valence-corrected chi connectivity index (χ3v) is 16.7. The van der Waals surface area contributed by atoms with Gasteiger partial charge in [0.25, 0.3) is 0 Å². The number of methoxy groups -OCH3 is 1. The zero-order valence-electron chi connectivity index (χ0n) is 32.0. The summed E-state index contributed by atoms with van der Waals surface area (Å²) in [6, 6.07) is -0.494. The van der Waals surface area contributed by atoms with E-state index >= 15 is 0 Å². The molecule has 1 spiro atoms. The summed E-state index contributed by atoms with van der Waals surface area (Å²) in [7, 11) is 1.69. The number of amides is 1. The first kappa shape index (κ1) is 37.5. The van der Waals surface area contributed by atoms with E-state index in [0.717, 1.165) is 70.0 Å². The Morgan fingerprint density at radius 1 is 1.10 bits per heavy atom. The Kier molecular flexibility index (Phi) is 9.42. The van der Waals surface area contributed by atoms with Crippen molar-refractivity contribution in [1.29, 1.82) is 0 Å². The predicted molar refractivity (Wildman–Crippen MR) is 192 cm³/mol. The Morgan fingerprint density at radius 3 is 2.52 bits per heavy atom. The van der Waals surface area contributed by atoms with Crippen LogP contribution in [-0.2, 0) is 23.8 Å². The number of aliphatic hydroxyl groups excluding tert-OH is 2. The Balaban J connectivity index is 1.03. The quantitative estimate of drug-likeness (QED) is 0.177. The summed E-state index contributed by atoms with van der Waals surface area (Å²) >= 11 is 0. The fraction of sp³-hybridized carbons (Fsp3) is 0.902. The topological polar surface area (TPSA) is 158 Å². The summed E-state index contributed by atoms with van der Waals surface area (Å²) in [5, 5.41) is 52.4. The average molecular weight is 729 g/mol. The summed E-state index contributed by atoms with van der Waals surface area (Å²) in [5.41, 5.74) is -3.51. The molecule has 5 N–H and O–H groups in total. The lowest BCUT2D eigenvalue weighted by atomic mass is 9.45. The van der Waals surface area contributed by atoms with Crippen molar-refractivity contribution in [1.82, 2.24) is 10.2 Å². The zero-order valence-corrected chi connectivity index (χ0v) is 32.0. The van der Waals surface area contributed by atoms with Crippen LogP contribution in [0.15, 0.2) is 11.6 Å². The Morgan fingerprint density at radius 2 is 1.83 bits per heavy atom. The molecule has 7 fully saturated rings. The van der Waals surface area contributed by atoms with Crippen LogP contribution in [0.2, 0.25) is 0 Å². The summed E-state index contributed by atoms with van der Waals surface area (Å²) in [6.45, 7) is 10.8. The summed E-state index contributed by atoms with van der Waals surface area (Å²) in [4.78, 5) is 29.4. The zero-order chi connectivity index (χ0) is 37.0. The largest absolute Gasteiger partial charge is 0.387 e. The second-order valence-corrected chi connectivity index (χ2v) is 19.1. The minimum Gasteiger partial charge on any atom is -0.387 e. The molecule has 15 unspecified atom stereocenters. The van der Waals surface area contributed by atoms with Gasteiger partial charge in [-0.05, 0) is 106 Å². The SMILES string of the molecule is COCCCOC1CCC2(C)C(C1)C(=O)C=C1C2CCC2(C)C(C(C)(O)C(O)C3OC4C(O)NC(C(=O)N5CC5)C5(CCCC5)C4C3C)CCC12O. The molecule has 8 rings (SSSR count). The molecule has 5 aliphatic carbocycles. The maximum absolute atomic E-state index is 14.0.